The average Bonchev–Trinajstić information content (AvgIpc) is 2.66. The molecule has 1 aromatic rings. The molecular formula is C21H33N3OS. The SMILES string of the molecule is CN(C(=O)NCc1ccc(N2CCSCC2)cc1)C1CCCCCCC1. The molecule has 1 heterocycles. The summed E-state index contributed by atoms with van der Waals surface area (Å²) in [5, 5.41) is 3.10. The molecule has 1 aliphatic carbocycles. The number of nitrogens with one attached hydrogen (secondary N) is 1. The first-order valence-electron chi connectivity index (χ1n) is 10.2. The van der Waals surface area contributed by atoms with Crippen LogP contribution in [0.25, 0.3) is 0 Å². The van der Waals surface area contributed by atoms with E-state index in [1.807, 2.05) is 23.7 Å². The number of anilines is 1. The maximum Gasteiger partial charge on any atom is 0.317 e. The Morgan fingerprint density at radius 3 is 2.35 bits per heavy atom. The molecule has 0 radical (unpaired) electrons. The van der Waals surface area contributed by atoms with Gasteiger partial charge in [-0.05, 0) is 30.5 Å². The molecule has 1 saturated heterocycles. The van der Waals surface area contributed by atoms with Crippen LogP contribution in [0.1, 0.15) is 50.5 Å². The van der Waals surface area contributed by atoms with Crippen molar-refractivity contribution in [1.29, 1.82) is 0 Å². The van der Waals surface area contributed by atoms with Crippen LogP contribution in [0.3, 0.4) is 0 Å². The Morgan fingerprint density at radius 2 is 1.69 bits per heavy atom. The van der Waals surface area contributed by atoms with Gasteiger partial charge < -0.3 is 15.1 Å². The van der Waals surface area contributed by atoms with Gasteiger partial charge in [0.1, 0.15) is 0 Å². The Hall–Kier alpha value is -1.36. The summed E-state index contributed by atoms with van der Waals surface area (Å²) in [4.78, 5) is 16.9. The molecule has 2 aliphatic rings. The second-order valence-electron chi connectivity index (χ2n) is 7.53. The van der Waals surface area contributed by atoms with Gasteiger partial charge in [0.25, 0.3) is 0 Å². The molecule has 1 saturated carbocycles. The molecule has 4 nitrogen and oxygen atoms in total. The highest BCUT2D eigenvalue weighted by Crippen LogP contribution is 2.21. The summed E-state index contributed by atoms with van der Waals surface area (Å²) in [5.74, 6) is 2.43. The maximum atomic E-state index is 12.5. The molecule has 2 fully saturated rings. The first kappa shape index (κ1) is 19.4. The van der Waals surface area contributed by atoms with Crippen LogP contribution < -0.4 is 10.2 Å². The fourth-order valence-corrected chi connectivity index (χ4v) is 4.84. The number of hydrogen-bond donors (Lipinski definition) is 1. The van der Waals surface area contributed by atoms with Crippen LogP contribution in [0, 0.1) is 0 Å². The van der Waals surface area contributed by atoms with Crippen LogP contribution in [0.4, 0.5) is 10.5 Å². The van der Waals surface area contributed by atoms with Crippen LogP contribution in [0.2, 0.25) is 0 Å². The van der Waals surface area contributed by atoms with Gasteiger partial charge >= 0.3 is 6.03 Å². The summed E-state index contributed by atoms with van der Waals surface area (Å²) in [5.41, 5.74) is 2.46. The lowest BCUT2D eigenvalue weighted by Gasteiger charge is -2.30. The molecule has 144 valence electrons. The van der Waals surface area contributed by atoms with E-state index in [-0.39, 0.29) is 6.03 Å². The van der Waals surface area contributed by atoms with E-state index in [9.17, 15) is 4.79 Å². The number of carbonyl (C=O) groups is 1. The zero-order valence-electron chi connectivity index (χ0n) is 16.1. The van der Waals surface area contributed by atoms with Gasteiger partial charge in [0, 0.05) is 49.9 Å². The summed E-state index contributed by atoms with van der Waals surface area (Å²) in [6, 6.07) is 9.13. The third kappa shape index (κ3) is 5.57. The zero-order chi connectivity index (χ0) is 18.2. The van der Waals surface area contributed by atoms with Crippen LogP contribution in [-0.2, 0) is 6.54 Å². The second-order valence-corrected chi connectivity index (χ2v) is 8.76. The van der Waals surface area contributed by atoms with Crippen molar-refractivity contribution >= 4 is 23.5 Å². The van der Waals surface area contributed by atoms with E-state index in [0.717, 1.165) is 25.9 Å². The Bertz CT molecular complexity index is 549. The number of nitrogens with zero attached hydrogens (tertiary/aromatic N) is 2. The number of amides is 2. The Morgan fingerprint density at radius 1 is 1.08 bits per heavy atom. The number of rotatable bonds is 4. The summed E-state index contributed by atoms with van der Waals surface area (Å²) >= 11 is 2.03. The van der Waals surface area contributed by atoms with Crippen molar-refractivity contribution in [1.82, 2.24) is 10.2 Å². The fourth-order valence-electron chi connectivity index (χ4n) is 3.94. The number of thioether (sulfide) groups is 1. The van der Waals surface area contributed by atoms with E-state index in [4.69, 9.17) is 0 Å². The topological polar surface area (TPSA) is 35.6 Å². The summed E-state index contributed by atoms with van der Waals surface area (Å²) in [6.45, 7) is 2.87. The number of carbonyl (C=O) groups excluding carboxylic acids is 1. The highest BCUT2D eigenvalue weighted by atomic mass is 32.2. The van der Waals surface area contributed by atoms with Gasteiger partial charge in [-0.15, -0.1) is 0 Å². The summed E-state index contributed by atoms with van der Waals surface area (Å²) in [6.07, 6.45) is 8.77. The molecule has 0 spiro atoms. The summed E-state index contributed by atoms with van der Waals surface area (Å²) < 4.78 is 0. The minimum atomic E-state index is 0.0627. The molecule has 0 aromatic heterocycles. The third-order valence-electron chi connectivity index (χ3n) is 5.70. The van der Waals surface area contributed by atoms with Crippen LogP contribution in [-0.4, -0.2) is 48.6 Å². The minimum Gasteiger partial charge on any atom is -0.370 e. The molecule has 3 rings (SSSR count). The summed E-state index contributed by atoms with van der Waals surface area (Å²) in [7, 11) is 1.96. The maximum absolute atomic E-state index is 12.5. The first-order valence-corrected chi connectivity index (χ1v) is 11.3. The van der Waals surface area contributed by atoms with Crippen molar-refractivity contribution in [2.24, 2.45) is 0 Å². The van der Waals surface area contributed by atoms with Gasteiger partial charge in [0.15, 0.2) is 0 Å². The van der Waals surface area contributed by atoms with Crippen molar-refractivity contribution in [3.8, 4) is 0 Å². The van der Waals surface area contributed by atoms with Gasteiger partial charge in [-0.1, -0.05) is 44.2 Å². The molecule has 0 atom stereocenters. The van der Waals surface area contributed by atoms with Gasteiger partial charge in [-0.2, -0.15) is 11.8 Å². The van der Waals surface area contributed by atoms with E-state index in [2.05, 4.69) is 34.5 Å². The van der Waals surface area contributed by atoms with Gasteiger partial charge in [0.05, 0.1) is 0 Å². The van der Waals surface area contributed by atoms with E-state index >= 15 is 0 Å². The molecule has 2 amide bonds. The predicted octanol–water partition coefficient (Wildman–Crippen LogP) is 4.49. The number of hydrogen-bond acceptors (Lipinski definition) is 3. The first-order chi connectivity index (χ1) is 12.7. The van der Waals surface area contributed by atoms with E-state index < -0.39 is 0 Å². The second kappa shape index (κ2) is 10.1. The molecule has 1 aromatic carbocycles. The number of urea groups is 1. The van der Waals surface area contributed by atoms with Crippen molar-refractivity contribution in [2.45, 2.75) is 57.5 Å². The van der Waals surface area contributed by atoms with Crippen LogP contribution >= 0.6 is 11.8 Å². The van der Waals surface area contributed by atoms with Gasteiger partial charge in [-0.25, -0.2) is 4.79 Å². The zero-order valence-corrected chi connectivity index (χ0v) is 16.9. The van der Waals surface area contributed by atoms with Crippen LogP contribution in [0.5, 0.6) is 0 Å². The highest BCUT2D eigenvalue weighted by molar-refractivity contribution is 7.99. The lowest BCUT2D eigenvalue weighted by atomic mass is 9.96. The smallest absolute Gasteiger partial charge is 0.317 e. The third-order valence-corrected chi connectivity index (χ3v) is 6.64. The fraction of sp³-hybridized carbons (Fsp3) is 0.667. The van der Waals surface area contributed by atoms with Gasteiger partial charge in [-0.3, -0.25) is 0 Å². The molecule has 5 heteroatoms. The highest BCUT2D eigenvalue weighted by Gasteiger charge is 2.20. The standard InChI is InChI=1S/C21H33N3OS/c1-23(19-7-5-3-2-4-6-8-19)21(25)22-17-18-9-11-20(12-10-18)24-13-15-26-16-14-24/h9-12,19H,2-8,13-17H2,1H3,(H,22,25). The monoisotopic (exact) mass is 375 g/mol. The normalized spacial score (nSPS) is 19.5. The van der Waals surface area contributed by atoms with Crippen molar-refractivity contribution in [3.05, 3.63) is 29.8 Å². The predicted molar refractivity (Wildman–Crippen MR) is 112 cm³/mol. The van der Waals surface area contributed by atoms with Crippen LogP contribution in [0.15, 0.2) is 24.3 Å². The number of benzene rings is 1. The van der Waals surface area contributed by atoms with Crippen molar-refractivity contribution in [3.63, 3.8) is 0 Å². The molecule has 1 N–H and O–H groups in total. The Labute approximate surface area is 162 Å². The molecular weight excluding hydrogens is 342 g/mol. The van der Waals surface area contributed by atoms with E-state index in [1.54, 1.807) is 0 Å². The quantitative estimate of drug-likeness (QED) is 0.842. The lowest BCUT2D eigenvalue weighted by Crippen LogP contribution is -2.43. The van der Waals surface area contributed by atoms with Crippen molar-refractivity contribution < 1.29 is 4.79 Å². The Kier molecular flexibility index (Phi) is 7.54. The molecule has 26 heavy (non-hydrogen) atoms. The Balaban J connectivity index is 1.47. The van der Waals surface area contributed by atoms with Crippen molar-refractivity contribution in [2.75, 3.05) is 36.5 Å². The van der Waals surface area contributed by atoms with E-state index in [0.29, 0.717) is 12.6 Å². The lowest BCUT2D eigenvalue weighted by molar-refractivity contribution is 0.178. The average molecular weight is 376 g/mol. The minimum absolute atomic E-state index is 0.0627. The largest absolute Gasteiger partial charge is 0.370 e. The van der Waals surface area contributed by atoms with Gasteiger partial charge in [0.2, 0.25) is 0 Å². The molecule has 0 unspecified atom stereocenters. The van der Waals surface area contributed by atoms with E-state index in [1.165, 1.54) is 54.9 Å². The molecule has 1 aliphatic heterocycles. The molecule has 0 bridgehead atoms.